The Bertz CT molecular complexity index is 687. The first-order valence-electron chi connectivity index (χ1n) is 6.87. The molecule has 1 aromatic carbocycles. The monoisotopic (exact) mass is 386 g/mol. The van der Waals surface area contributed by atoms with Gasteiger partial charge in [0.1, 0.15) is 0 Å². The molecule has 21 heavy (non-hydrogen) atoms. The number of halogens is 3. The van der Waals surface area contributed by atoms with Crippen LogP contribution in [0.4, 0.5) is 4.39 Å². The summed E-state index contributed by atoms with van der Waals surface area (Å²) in [6.07, 6.45) is 5.61. The highest BCUT2D eigenvalue weighted by Crippen LogP contribution is 2.33. The molecule has 5 heteroatoms. The molecule has 1 aliphatic carbocycles. The van der Waals surface area contributed by atoms with Gasteiger partial charge in [-0.25, -0.2) is 4.39 Å². The summed E-state index contributed by atoms with van der Waals surface area (Å²) < 4.78 is 14.6. The van der Waals surface area contributed by atoms with Crippen molar-refractivity contribution in [1.82, 2.24) is 0 Å². The molecule has 0 saturated carbocycles. The maximum Gasteiger partial charge on any atom is 0.205 e. The van der Waals surface area contributed by atoms with Crippen molar-refractivity contribution in [3.05, 3.63) is 54.4 Å². The van der Waals surface area contributed by atoms with Gasteiger partial charge in [0.25, 0.3) is 0 Å². The molecule has 1 aromatic heterocycles. The lowest BCUT2D eigenvalue weighted by molar-refractivity contribution is 0.103. The number of hydrogen-bond acceptors (Lipinski definition) is 2. The van der Waals surface area contributed by atoms with Gasteiger partial charge in [0.05, 0.1) is 15.5 Å². The number of thiophene rings is 1. The van der Waals surface area contributed by atoms with Crippen LogP contribution in [0, 0.1) is 5.82 Å². The fraction of sp³-hybridized carbons (Fsp3) is 0.312. The van der Waals surface area contributed by atoms with Gasteiger partial charge in [-0.15, -0.1) is 11.3 Å². The number of carbonyl (C=O) groups excluding carboxylic acids is 1. The molecule has 0 unspecified atom stereocenters. The van der Waals surface area contributed by atoms with E-state index in [1.54, 1.807) is 6.07 Å². The minimum atomic E-state index is -0.653. The predicted octanol–water partition coefficient (Wildman–Crippen LogP) is 5.80. The Morgan fingerprint density at radius 3 is 2.81 bits per heavy atom. The molecule has 0 bridgehead atoms. The molecular formula is C16H13BrClFOS. The van der Waals surface area contributed by atoms with E-state index < -0.39 is 5.82 Å². The summed E-state index contributed by atoms with van der Waals surface area (Å²) in [5.41, 5.74) is 1.30. The fourth-order valence-electron chi connectivity index (χ4n) is 2.61. The third kappa shape index (κ3) is 2.94. The van der Waals surface area contributed by atoms with E-state index in [2.05, 4.69) is 15.9 Å². The predicted molar refractivity (Wildman–Crippen MR) is 88.1 cm³/mol. The van der Waals surface area contributed by atoms with Crippen molar-refractivity contribution in [2.24, 2.45) is 0 Å². The molecular weight excluding hydrogens is 375 g/mol. The van der Waals surface area contributed by atoms with Crippen molar-refractivity contribution < 1.29 is 9.18 Å². The first-order chi connectivity index (χ1) is 10.1. The van der Waals surface area contributed by atoms with E-state index in [-0.39, 0.29) is 16.4 Å². The molecule has 0 atom stereocenters. The zero-order valence-corrected chi connectivity index (χ0v) is 14.4. The van der Waals surface area contributed by atoms with Crippen LogP contribution in [0.25, 0.3) is 0 Å². The number of hydrogen-bond donors (Lipinski definition) is 0. The van der Waals surface area contributed by atoms with Gasteiger partial charge in [-0.1, -0.05) is 18.0 Å². The molecule has 0 fully saturated rings. The molecule has 0 aliphatic heterocycles. The van der Waals surface area contributed by atoms with E-state index >= 15 is 0 Å². The highest BCUT2D eigenvalue weighted by atomic mass is 79.9. The SMILES string of the molecule is O=C(c1cc2c(s1)CCCCC2)c1ccc(Br)c(Cl)c1F. The Morgan fingerprint density at radius 2 is 2.00 bits per heavy atom. The molecule has 0 radical (unpaired) electrons. The van der Waals surface area contributed by atoms with Gasteiger partial charge in [-0.3, -0.25) is 4.79 Å². The summed E-state index contributed by atoms with van der Waals surface area (Å²) in [7, 11) is 0. The van der Waals surface area contributed by atoms with Crippen molar-refractivity contribution in [2.45, 2.75) is 32.1 Å². The molecule has 0 amide bonds. The number of benzene rings is 1. The minimum absolute atomic E-state index is 0.0413. The lowest BCUT2D eigenvalue weighted by Crippen LogP contribution is -2.03. The van der Waals surface area contributed by atoms with Gasteiger partial charge in [0, 0.05) is 9.35 Å². The van der Waals surface area contributed by atoms with Gasteiger partial charge < -0.3 is 0 Å². The van der Waals surface area contributed by atoms with Crippen molar-refractivity contribution in [1.29, 1.82) is 0 Å². The van der Waals surface area contributed by atoms with E-state index in [0.717, 1.165) is 19.3 Å². The van der Waals surface area contributed by atoms with Crippen LogP contribution in [0.3, 0.4) is 0 Å². The Balaban J connectivity index is 1.98. The second-order valence-electron chi connectivity index (χ2n) is 5.17. The third-order valence-corrected chi connectivity index (χ3v) is 6.24. The lowest BCUT2D eigenvalue weighted by Gasteiger charge is -2.04. The van der Waals surface area contributed by atoms with Crippen LogP contribution in [-0.2, 0) is 12.8 Å². The van der Waals surface area contributed by atoms with Gasteiger partial charge in [-0.2, -0.15) is 0 Å². The molecule has 1 nitrogen and oxygen atoms in total. The maximum absolute atomic E-state index is 14.2. The summed E-state index contributed by atoms with van der Waals surface area (Å²) in [6.45, 7) is 0. The average Bonchev–Trinajstić information content (AvgIpc) is 2.75. The largest absolute Gasteiger partial charge is 0.288 e. The van der Waals surface area contributed by atoms with Crippen LogP contribution in [-0.4, -0.2) is 5.78 Å². The second kappa shape index (κ2) is 6.19. The van der Waals surface area contributed by atoms with E-state index in [1.807, 2.05) is 6.07 Å². The van der Waals surface area contributed by atoms with Crippen molar-refractivity contribution >= 4 is 44.7 Å². The van der Waals surface area contributed by atoms with Crippen LogP contribution >= 0.6 is 38.9 Å². The summed E-state index contributed by atoms with van der Waals surface area (Å²) in [6, 6.07) is 5.03. The van der Waals surface area contributed by atoms with Gasteiger partial charge in [-0.05, 0) is 65.4 Å². The zero-order valence-electron chi connectivity index (χ0n) is 11.2. The van der Waals surface area contributed by atoms with Crippen LogP contribution in [0.1, 0.15) is 44.9 Å². The molecule has 110 valence electrons. The van der Waals surface area contributed by atoms with Gasteiger partial charge >= 0.3 is 0 Å². The lowest BCUT2D eigenvalue weighted by atomic mass is 10.1. The number of carbonyl (C=O) groups is 1. The van der Waals surface area contributed by atoms with Crippen molar-refractivity contribution in [3.8, 4) is 0 Å². The summed E-state index contributed by atoms with van der Waals surface area (Å²) in [5, 5.41) is -0.0426. The van der Waals surface area contributed by atoms with Crippen LogP contribution in [0.5, 0.6) is 0 Å². The first kappa shape index (κ1) is 15.2. The van der Waals surface area contributed by atoms with Crippen molar-refractivity contribution in [2.75, 3.05) is 0 Å². The molecule has 0 saturated heterocycles. The Kier molecular flexibility index (Phi) is 4.48. The standard InChI is InChI=1S/C16H13BrClFOS/c17-11-7-6-10(15(19)14(11)18)16(20)13-8-9-4-2-1-3-5-12(9)21-13/h6-8H,1-5H2. The van der Waals surface area contributed by atoms with Gasteiger partial charge in [0.2, 0.25) is 5.78 Å². The fourth-order valence-corrected chi connectivity index (χ4v) is 4.29. The topological polar surface area (TPSA) is 17.1 Å². The first-order valence-corrected chi connectivity index (χ1v) is 8.86. The quantitative estimate of drug-likeness (QED) is 0.361. The van der Waals surface area contributed by atoms with Crippen LogP contribution < -0.4 is 0 Å². The molecule has 1 aliphatic rings. The van der Waals surface area contributed by atoms with E-state index in [0.29, 0.717) is 9.35 Å². The summed E-state index contributed by atoms with van der Waals surface area (Å²) >= 11 is 10.5. The molecule has 1 heterocycles. The second-order valence-corrected chi connectivity index (χ2v) is 7.54. The number of fused-ring (bicyclic) bond motifs is 1. The maximum atomic E-state index is 14.2. The third-order valence-electron chi connectivity index (χ3n) is 3.75. The van der Waals surface area contributed by atoms with E-state index in [9.17, 15) is 9.18 Å². The smallest absolute Gasteiger partial charge is 0.205 e. The van der Waals surface area contributed by atoms with Crippen molar-refractivity contribution in [3.63, 3.8) is 0 Å². The highest BCUT2D eigenvalue weighted by molar-refractivity contribution is 9.10. The summed E-state index contributed by atoms with van der Waals surface area (Å²) in [4.78, 5) is 14.4. The number of aryl methyl sites for hydroxylation is 2. The van der Waals surface area contributed by atoms with E-state index in [1.165, 1.54) is 40.7 Å². The molecule has 3 rings (SSSR count). The van der Waals surface area contributed by atoms with Crippen LogP contribution in [0.2, 0.25) is 5.02 Å². The van der Waals surface area contributed by atoms with E-state index in [4.69, 9.17) is 11.6 Å². The Morgan fingerprint density at radius 1 is 1.24 bits per heavy atom. The Labute approximate surface area is 140 Å². The van der Waals surface area contributed by atoms with Crippen LogP contribution in [0.15, 0.2) is 22.7 Å². The molecule has 0 spiro atoms. The molecule has 2 aromatic rings. The highest BCUT2D eigenvalue weighted by Gasteiger charge is 2.21. The normalized spacial score (nSPS) is 14.6. The van der Waals surface area contributed by atoms with Gasteiger partial charge in [0.15, 0.2) is 5.82 Å². The molecule has 0 N–H and O–H groups in total. The summed E-state index contributed by atoms with van der Waals surface area (Å²) in [5.74, 6) is -0.931. The zero-order chi connectivity index (χ0) is 15.0. The number of rotatable bonds is 2. The Hall–Kier alpha value is -0.710. The minimum Gasteiger partial charge on any atom is -0.288 e. The number of ketones is 1. The average molecular weight is 388 g/mol.